The third kappa shape index (κ3) is 8.01. The molecule has 3 aromatic rings. The molecule has 0 aromatic heterocycles. The Bertz CT molecular complexity index is 1770. The Kier molecular flexibility index (Phi) is 10.2. The lowest BCUT2D eigenvalue weighted by molar-refractivity contribution is -0.385. The lowest BCUT2D eigenvalue weighted by Crippen LogP contribution is -2.36. The Labute approximate surface area is 269 Å². The Hall–Kier alpha value is -4.41. The Morgan fingerprint density at radius 2 is 1.82 bits per heavy atom. The van der Waals surface area contributed by atoms with Crippen LogP contribution in [0.3, 0.4) is 0 Å². The van der Waals surface area contributed by atoms with Gasteiger partial charge in [-0.25, -0.2) is 4.79 Å². The van der Waals surface area contributed by atoms with Gasteiger partial charge in [-0.15, -0.1) is 0 Å². The number of imide groups is 1. The zero-order chi connectivity index (χ0) is 33.1. The van der Waals surface area contributed by atoms with Crippen molar-refractivity contribution < 1.29 is 46.7 Å². The molecule has 1 heterocycles. The lowest BCUT2D eigenvalue weighted by atomic mass is 10.1. The third-order valence-electron chi connectivity index (χ3n) is 5.88. The van der Waals surface area contributed by atoms with E-state index in [9.17, 15) is 42.5 Å². The lowest BCUT2D eigenvalue weighted by Gasteiger charge is -2.13. The number of halogens is 5. The number of hydrogen-bond donors (Lipinski definition) is 1. The van der Waals surface area contributed by atoms with Crippen molar-refractivity contribution in [2.75, 3.05) is 18.5 Å². The van der Waals surface area contributed by atoms with Gasteiger partial charge in [-0.2, -0.15) is 13.2 Å². The van der Waals surface area contributed by atoms with E-state index in [1.165, 1.54) is 42.5 Å². The number of alkyl halides is 3. The van der Waals surface area contributed by atoms with E-state index in [1.54, 1.807) is 6.92 Å². The van der Waals surface area contributed by atoms with E-state index >= 15 is 0 Å². The van der Waals surface area contributed by atoms with Crippen LogP contribution in [0.4, 0.5) is 29.3 Å². The van der Waals surface area contributed by atoms with Gasteiger partial charge in [-0.3, -0.25) is 29.4 Å². The van der Waals surface area contributed by atoms with Crippen molar-refractivity contribution in [3.8, 4) is 11.5 Å². The van der Waals surface area contributed by atoms with E-state index in [0.717, 1.165) is 11.0 Å². The summed E-state index contributed by atoms with van der Waals surface area (Å²) in [5, 5.41) is 13.3. The van der Waals surface area contributed by atoms with Gasteiger partial charge in [0.1, 0.15) is 12.3 Å². The van der Waals surface area contributed by atoms with Gasteiger partial charge >= 0.3 is 17.8 Å². The van der Waals surface area contributed by atoms with Crippen molar-refractivity contribution >= 4 is 79.8 Å². The van der Waals surface area contributed by atoms with Crippen LogP contribution in [0.1, 0.15) is 28.4 Å². The highest BCUT2D eigenvalue weighted by Gasteiger charge is 2.37. The molecule has 1 aliphatic rings. The molecule has 11 nitrogen and oxygen atoms in total. The predicted molar refractivity (Wildman–Crippen MR) is 161 cm³/mol. The molecular formula is C28H18BrClF3N3O8S. The van der Waals surface area contributed by atoms with Crippen LogP contribution in [0.15, 0.2) is 64.0 Å². The highest BCUT2D eigenvalue weighted by atomic mass is 79.9. The van der Waals surface area contributed by atoms with Crippen LogP contribution in [0.5, 0.6) is 11.5 Å². The van der Waals surface area contributed by atoms with Crippen molar-refractivity contribution in [2.45, 2.75) is 13.1 Å². The van der Waals surface area contributed by atoms with E-state index < -0.39 is 57.7 Å². The molecule has 0 aliphatic carbocycles. The first-order valence-electron chi connectivity index (χ1n) is 12.5. The highest BCUT2D eigenvalue weighted by molar-refractivity contribution is 9.10. The minimum atomic E-state index is -4.79. The minimum Gasteiger partial charge on any atom is -0.462 e. The number of amides is 3. The molecule has 0 atom stereocenters. The molecule has 234 valence electrons. The summed E-state index contributed by atoms with van der Waals surface area (Å²) in [5.74, 6) is -2.58. The molecule has 0 bridgehead atoms. The number of nitro groups is 1. The van der Waals surface area contributed by atoms with Gasteiger partial charge in [0.2, 0.25) is 11.7 Å². The summed E-state index contributed by atoms with van der Waals surface area (Å²) in [5.41, 5.74) is -1.52. The number of esters is 1. The molecule has 0 unspecified atom stereocenters. The fourth-order valence-electron chi connectivity index (χ4n) is 3.83. The zero-order valence-corrected chi connectivity index (χ0v) is 25.8. The first-order chi connectivity index (χ1) is 21.2. The summed E-state index contributed by atoms with van der Waals surface area (Å²) >= 11 is 9.84. The van der Waals surface area contributed by atoms with Gasteiger partial charge in [0.15, 0.2) is 0 Å². The maximum atomic E-state index is 13.0. The fourth-order valence-corrected chi connectivity index (χ4v) is 5.34. The number of ether oxygens (including phenoxy) is 2. The zero-order valence-electron chi connectivity index (χ0n) is 22.6. The standard InChI is InChI=1S/C28H18BrClF3N3O8S/c1-2-43-26(39)17-12-16(5-6-19(17)30)34-24(37)13-35-25(38)23(45-27(35)40)10-14-3-7-21(18(29)9-14)44-22-8-4-15(28(31,32)33)11-20(22)36(41)42/h3-12H,2,13H2,1H3,(H,34,37)/b23-10+. The van der Waals surface area contributed by atoms with E-state index in [0.29, 0.717) is 29.5 Å². The Balaban J connectivity index is 1.46. The van der Waals surface area contributed by atoms with Crippen LogP contribution in [0.25, 0.3) is 6.08 Å². The molecule has 45 heavy (non-hydrogen) atoms. The topological polar surface area (TPSA) is 145 Å². The molecule has 1 fully saturated rings. The summed E-state index contributed by atoms with van der Waals surface area (Å²) in [4.78, 5) is 61.3. The van der Waals surface area contributed by atoms with Gasteiger partial charge < -0.3 is 14.8 Å². The van der Waals surface area contributed by atoms with Crippen LogP contribution < -0.4 is 10.1 Å². The second-order valence-corrected chi connectivity index (χ2v) is 11.2. The molecule has 17 heteroatoms. The van der Waals surface area contributed by atoms with Crippen molar-refractivity contribution in [1.29, 1.82) is 0 Å². The van der Waals surface area contributed by atoms with Crippen LogP contribution in [0.2, 0.25) is 5.02 Å². The van der Waals surface area contributed by atoms with Crippen molar-refractivity contribution in [1.82, 2.24) is 4.90 Å². The number of rotatable bonds is 9. The normalized spacial score (nSPS) is 14.1. The van der Waals surface area contributed by atoms with Crippen LogP contribution in [-0.4, -0.2) is 46.0 Å². The van der Waals surface area contributed by atoms with Crippen molar-refractivity contribution in [3.05, 3.63) is 95.8 Å². The average molecular weight is 729 g/mol. The minimum absolute atomic E-state index is 0.0113. The maximum absolute atomic E-state index is 13.0. The first-order valence-corrected chi connectivity index (χ1v) is 14.5. The number of anilines is 1. The first kappa shape index (κ1) is 33.5. The molecule has 0 spiro atoms. The molecular weight excluding hydrogens is 711 g/mol. The summed E-state index contributed by atoms with van der Waals surface area (Å²) < 4.78 is 49.6. The number of thioether (sulfide) groups is 1. The number of carbonyl (C=O) groups is 4. The number of hydrogen-bond acceptors (Lipinski definition) is 9. The summed E-state index contributed by atoms with van der Waals surface area (Å²) in [7, 11) is 0. The number of nitro benzene ring substituents is 1. The fraction of sp³-hybridized carbons (Fsp3) is 0.143. The highest BCUT2D eigenvalue weighted by Crippen LogP contribution is 2.40. The van der Waals surface area contributed by atoms with E-state index in [-0.39, 0.29) is 38.0 Å². The van der Waals surface area contributed by atoms with Crippen LogP contribution in [0, 0.1) is 10.1 Å². The van der Waals surface area contributed by atoms with Crippen molar-refractivity contribution in [3.63, 3.8) is 0 Å². The molecule has 1 saturated heterocycles. The van der Waals surface area contributed by atoms with E-state index in [2.05, 4.69) is 21.2 Å². The molecule has 1 N–H and O–H groups in total. The monoisotopic (exact) mass is 727 g/mol. The molecule has 0 radical (unpaired) electrons. The average Bonchev–Trinajstić information content (AvgIpc) is 3.22. The quantitative estimate of drug-likeness (QED) is 0.102. The number of benzene rings is 3. The van der Waals surface area contributed by atoms with Crippen molar-refractivity contribution in [2.24, 2.45) is 0 Å². The molecule has 4 rings (SSSR count). The smallest absolute Gasteiger partial charge is 0.416 e. The molecule has 3 aromatic carbocycles. The van der Waals surface area contributed by atoms with Gasteiger partial charge in [0.25, 0.3) is 11.1 Å². The number of carbonyl (C=O) groups excluding carboxylic acids is 4. The van der Waals surface area contributed by atoms with E-state index in [4.69, 9.17) is 21.1 Å². The SMILES string of the molecule is CCOC(=O)c1cc(NC(=O)CN2C(=O)S/C(=C/c3ccc(Oc4ccc(C(F)(F)F)cc4[N+](=O)[O-])c(Br)c3)C2=O)ccc1Cl. The summed E-state index contributed by atoms with van der Waals surface area (Å²) in [6.07, 6.45) is -3.43. The summed E-state index contributed by atoms with van der Waals surface area (Å²) in [6, 6.07) is 10.2. The predicted octanol–water partition coefficient (Wildman–Crippen LogP) is 7.67. The number of nitrogens with zero attached hydrogens (tertiary/aromatic N) is 2. The van der Waals surface area contributed by atoms with Crippen LogP contribution >= 0.6 is 39.3 Å². The van der Waals surface area contributed by atoms with Gasteiger partial charge in [0, 0.05) is 11.8 Å². The second kappa shape index (κ2) is 13.7. The number of nitrogens with one attached hydrogen (secondary N) is 1. The molecule has 0 saturated carbocycles. The Morgan fingerprint density at radius 3 is 2.47 bits per heavy atom. The van der Waals surface area contributed by atoms with Gasteiger partial charge in [-0.05, 0) is 88.7 Å². The van der Waals surface area contributed by atoms with Crippen LogP contribution in [-0.2, 0) is 20.5 Å². The summed E-state index contributed by atoms with van der Waals surface area (Å²) in [6.45, 7) is 1.11. The van der Waals surface area contributed by atoms with Gasteiger partial charge in [0.05, 0.1) is 37.1 Å². The molecule has 3 amide bonds. The third-order valence-corrected chi connectivity index (χ3v) is 7.73. The van der Waals surface area contributed by atoms with E-state index in [1.807, 2.05) is 0 Å². The molecule has 1 aliphatic heterocycles. The maximum Gasteiger partial charge on any atom is 0.416 e. The van der Waals surface area contributed by atoms with Gasteiger partial charge in [-0.1, -0.05) is 17.7 Å². The second-order valence-electron chi connectivity index (χ2n) is 8.96. The largest absolute Gasteiger partial charge is 0.462 e. The Morgan fingerprint density at radius 1 is 1.11 bits per heavy atom.